The third-order valence-corrected chi connectivity index (χ3v) is 4.32. The molecule has 0 aromatic rings. The van der Waals surface area contributed by atoms with E-state index in [0.717, 1.165) is 5.01 Å². The van der Waals surface area contributed by atoms with Crippen molar-refractivity contribution >= 4 is 23.5 Å². The Balaban J connectivity index is 2.55. The third-order valence-electron chi connectivity index (χ3n) is 4.32. The Hall–Kier alpha value is -1.76. The number of nitrogens with zero attached hydrogens (tertiary/aromatic N) is 1. The number of imide groups is 1. The van der Waals surface area contributed by atoms with Gasteiger partial charge in [-0.05, 0) is 34.1 Å². The molecule has 0 saturated carbocycles. The quantitative estimate of drug-likeness (QED) is 0.639. The molecule has 0 unspecified atom stereocenters. The fourth-order valence-corrected chi connectivity index (χ4v) is 2.18. The van der Waals surface area contributed by atoms with E-state index in [1.807, 2.05) is 27.7 Å². The summed E-state index contributed by atoms with van der Waals surface area (Å²) < 4.78 is 5.86. The number of carbonyl (C=O) groups excluding carboxylic acids is 4. The maximum atomic E-state index is 12.4. The summed E-state index contributed by atoms with van der Waals surface area (Å²) in [6, 6.07) is 0. The van der Waals surface area contributed by atoms with Gasteiger partial charge in [-0.25, -0.2) is 0 Å². The molecule has 7 nitrogen and oxygen atoms in total. The molecule has 1 rings (SSSR count). The minimum Gasteiger partial charge on any atom is -0.374 e. The van der Waals surface area contributed by atoms with Crippen molar-refractivity contribution in [2.45, 2.75) is 72.8 Å². The van der Waals surface area contributed by atoms with Gasteiger partial charge in [-0.2, -0.15) is 5.01 Å². The van der Waals surface area contributed by atoms with Crippen molar-refractivity contribution in [3.05, 3.63) is 0 Å². The summed E-state index contributed by atoms with van der Waals surface area (Å²) in [4.78, 5) is 47.3. The zero-order valence-corrected chi connectivity index (χ0v) is 16.1. The van der Waals surface area contributed by atoms with E-state index in [1.165, 1.54) is 0 Å². The molecular formula is C18H30N2O5. The lowest BCUT2D eigenvalue weighted by Gasteiger charge is -2.32. The van der Waals surface area contributed by atoms with Gasteiger partial charge in [-0.15, -0.1) is 0 Å². The molecule has 0 atom stereocenters. The molecule has 1 saturated heterocycles. The van der Waals surface area contributed by atoms with Crippen molar-refractivity contribution in [3.63, 3.8) is 0 Å². The van der Waals surface area contributed by atoms with Crippen LogP contribution in [0.5, 0.6) is 0 Å². The van der Waals surface area contributed by atoms with Gasteiger partial charge in [0.25, 0.3) is 0 Å². The van der Waals surface area contributed by atoms with Gasteiger partial charge in [0.15, 0.2) is 0 Å². The molecule has 0 aromatic heterocycles. The number of ketones is 1. The van der Waals surface area contributed by atoms with E-state index in [1.54, 1.807) is 13.8 Å². The second kappa shape index (κ2) is 8.08. The first-order valence-electron chi connectivity index (χ1n) is 8.69. The Bertz CT molecular complexity index is 536. The van der Waals surface area contributed by atoms with Gasteiger partial charge in [-0.3, -0.25) is 24.6 Å². The molecule has 0 bridgehead atoms. The molecule has 7 heteroatoms. The molecule has 0 aromatic carbocycles. The zero-order valence-electron chi connectivity index (χ0n) is 16.1. The van der Waals surface area contributed by atoms with Crippen LogP contribution in [0.1, 0.15) is 67.2 Å². The second-order valence-corrected chi connectivity index (χ2v) is 8.12. The van der Waals surface area contributed by atoms with Gasteiger partial charge < -0.3 is 4.74 Å². The van der Waals surface area contributed by atoms with Crippen molar-refractivity contribution in [2.75, 3.05) is 6.61 Å². The third kappa shape index (κ3) is 6.23. The molecule has 1 aliphatic rings. The molecule has 3 amide bonds. The minimum absolute atomic E-state index is 0.00597. The van der Waals surface area contributed by atoms with Crippen molar-refractivity contribution < 1.29 is 23.9 Å². The second-order valence-electron chi connectivity index (χ2n) is 8.12. The van der Waals surface area contributed by atoms with Gasteiger partial charge in [-0.1, -0.05) is 13.8 Å². The van der Waals surface area contributed by atoms with E-state index in [-0.39, 0.29) is 31.1 Å². The smallest absolute Gasteiger partial charge is 0.248 e. The van der Waals surface area contributed by atoms with Gasteiger partial charge in [0, 0.05) is 25.2 Å². The highest BCUT2D eigenvalue weighted by Gasteiger charge is 2.36. The molecule has 0 spiro atoms. The van der Waals surface area contributed by atoms with Crippen LogP contribution in [-0.2, 0) is 23.9 Å². The Kier molecular flexibility index (Phi) is 6.88. The number of amides is 3. The average Bonchev–Trinajstić information content (AvgIpc) is 2.82. The number of nitrogens with one attached hydrogen (secondary N) is 1. The number of hydrazine groups is 1. The Morgan fingerprint density at radius 3 is 2.12 bits per heavy atom. The van der Waals surface area contributed by atoms with Gasteiger partial charge in [0.1, 0.15) is 5.78 Å². The summed E-state index contributed by atoms with van der Waals surface area (Å²) in [5, 5.41) is 0.788. The first kappa shape index (κ1) is 21.3. The van der Waals surface area contributed by atoms with E-state index >= 15 is 0 Å². The summed E-state index contributed by atoms with van der Waals surface area (Å²) >= 11 is 0. The molecule has 1 aliphatic heterocycles. The fourth-order valence-electron chi connectivity index (χ4n) is 2.18. The van der Waals surface area contributed by atoms with E-state index in [2.05, 4.69) is 5.43 Å². The number of hydrogen-bond acceptors (Lipinski definition) is 5. The fraction of sp³-hybridized carbons (Fsp3) is 0.778. The van der Waals surface area contributed by atoms with Crippen LogP contribution in [-0.4, -0.2) is 40.7 Å². The number of hydrogen-bond donors (Lipinski definition) is 1. The highest BCUT2D eigenvalue weighted by Crippen LogP contribution is 2.24. The highest BCUT2D eigenvalue weighted by molar-refractivity contribution is 6.03. The van der Waals surface area contributed by atoms with Crippen molar-refractivity contribution in [1.82, 2.24) is 10.4 Å². The molecule has 142 valence electrons. The largest absolute Gasteiger partial charge is 0.374 e. The van der Waals surface area contributed by atoms with Crippen LogP contribution in [0, 0.1) is 11.3 Å². The standard InChI is InChI=1S/C18H30N2O5/c1-12(2)13(21)9-10-18(5,6)25-11-17(3,4)16(24)19-20-14(22)7-8-15(20)23/h12H,7-11H2,1-6H3,(H,19,24). The van der Waals surface area contributed by atoms with E-state index in [0.29, 0.717) is 12.8 Å². The van der Waals surface area contributed by atoms with Crippen LogP contribution < -0.4 is 5.43 Å². The van der Waals surface area contributed by atoms with Crippen LogP contribution in [0.25, 0.3) is 0 Å². The van der Waals surface area contributed by atoms with E-state index < -0.39 is 28.7 Å². The Morgan fingerprint density at radius 1 is 1.12 bits per heavy atom. The molecule has 1 fully saturated rings. The summed E-state index contributed by atoms with van der Waals surface area (Å²) in [5.41, 5.74) is 0.899. The number of ether oxygens (including phenoxy) is 1. The number of Topliss-reactive ketones (excluding diaryl/α,β-unsaturated/α-hetero) is 1. The normalized spacial score (nSPS) is 15.9. The summed E-state index contributed by atoms with van der Waals surface area (Å²) in [6.07, 6.45) is 1.22. The molecular weight excluding hydrogens is 324 g/mol. The SMILES string of the molecule is CC(C)C(=O)CCC(C)(C)OCC(C)(C)C(=O)NN1C(=O)CCC1=O. The minimum atomic E-state index is -0.928. The predicted octanol–water partition coefficient (Wildman–Crippen LogP) is 1.99. The monoisotopic (exact) mass is 354 g/mol. The van der Waals surface area contributed by atoms with Crippen molar-refractivity contribution in [1.29, 1.82) is 0 Å². The first-order chi connectivity index (χ1) is 11.4. The molecule has 0 radical (unpaired) electrons. The lowest BCUT2D eigenvalue weighted by molar-refractivity contribution is -0.154. The van der Waals surface area contributed by atoms with Gasteiger partial charge in [0.2, 0.25) is 17.7 Å². The summed E-state index contributed by atoms with van der Waals surface area (Å²) in [7, 11) is 0. The van der Waals surface area contributed by atoms with Gasteiger partial charge in [0.05, 0.1) is 17.6 Å². The lowest BCUT2D eigenvalue weighted by Crippen LogP contribution is -2.51. The van der Waals surface area contributed by atoms with Crippen molar-refractivity contribution in [3.8, 4) is 0 Å². The average molecular weight is 354 g/mol. The summed E-state index contributed by atoms with van der Waals surface area (Å²) in [6.45, 7) is 11.0. The molecule has 1 N–H and O–H groups in total. The zero-order chi connectivity index (χ0) is 19.4. The van der Waals surface area contributed by atoms with Crippen LogP contribution in [0.2, 0.25) is 0 Å². The Labute approximate surface area is 149 Å². The lowest BCUT2D eigenvalue weighted by atomic mass is 9.92. The number of carbonyl (C=O) groups is 4. The number of rotatable bonds is 9. The Morgan fingerprint density at radius 2 is 1.64 bits per heavy atom. The van der Waals surface area contributed by atoms with E-state index in [9.17, 15) is 19.2 Å². The highest BCUT2D eigenvalue weighted by atomic mass is 16.5. The predicted molar refractivity (Wildman–Crippen MR) is 92.1 cm³/mol. The van der Waals surface area contributed by atoms with Gasteiger partial charge >= 0.3 is 0 Å². The van der Waals surface area contributed by atoms with Crippen molar-refractivity contribution in [2.24, 2.45) is 11.3 Å². The molecule has 1 heterocycles. The topological polar surface area (TPSA) is 92.8 Å². The van der Waals surface area contributed by atoms with Crippen LogP contribution in [0.15, 0.2) is 0 Å². The first-order valence-corrected chi connectivity index (χ1v) is 8.69. The summed E-state index contributed by atoms with van der Waals surface area (Å²) in [5.74, 6) is -1.08. The maximum Gasteiger partial charge on any atom is 0.248 e. The van der Waals surface area contributed by atoms with Crippen LogP contribution in [0.4, 0.5) is 0 Å². The van der Waals surface area contributed by atoms with Crippen LogP contribution in [0.3, 0.4) is 0 Å². The maximum absolute atomic E-state index is 12.4. The van der Waals surface area contributed by atoms with Crippen LogP contribution >= 0.6 is 0 Å². The molecule has 0 aliphatic carbocycles. The molecule has 25 heavy (non-hydrogen) atoms. The van der Waals surface area contributed by atoms with E-state index in [4.69, 9.17) is 4.74 Å².